The Hall–Kier alpha value is -2.91. The standard InChI is InChI=1S/C18H27N3O7/c1-2-3-4-5-6-7-8-9-10-11-12-13-14-15-17(19(23)24)18(16-22,20(25)26)21(27)28/h6-7,9-10,12-13,16-17H,2-5,8,11,14-15H2,1H3/b7-6+,10-9+,13-12+. The Kier molecular flexibility index (Phi) is 12.7. The zero-order valence-electron chi connectivity index (χ0n) is 16.0. The summed E-state index contributed by atoms with van der Waals surface area (Å²) in [5.41, 5.74) is -3.47. The molecular weight excluding hydrogens is 370 g/mol. The van der Waals surface area contributed by atoms with Crippen molar-refractivity contribution in [1.82, 2.24) is 0 Å². The number of hydrogen-bond donors (Lipinski definition) is 0. The Morgan fingerprint density at radius 3 is 1.75 bits per heavy atom. The van der Waals surface area contributed by atoms with E-state index in [1.165, 1.54) is 19.3 Å². The number of hydrogen-bond acceptors (Lipinski definition) is 7. The van der Waals surface area contributed by atoms with Gasteiger partial charge < -0.3 is 0 Å². The molecule has 0 fully saturated rings. The lowest BCUT2D eigenvalue weighted by Gasteiger charge is -2.14. The first-order valence-electron chi connectivity index (χ1n) is 9.18. The summed E-state index contributed by atoms with van der Waals surface area (Å²) in [7, 11) is 0. The van der Waals surface area contributed by atoms with Crippen molar-refractivity contribution in [2.75, 3.05) is 0 Å². The van der Waals surface area contributed by atoms with Crippen LogP contribution in [0.2, 0.25) is 0 Å². The van der Waals surface area contributed by atoms with Crippen molar-refractivity contribution < 1.29 is 19.6 Å². The first-order chi connectivity index (χ1) is 13.3. The summed E-state index contributed by atoms with van der Waals surface area (Å²) >= 11 is 0. The molecule has 0 saturated carbocycles. The predicted molar refractivity (Wildman–Crippen MR) is 104 cm³/mol. The number of carbonyl (C=O) groups excluding carboxylic acids is 1. The second-order valence-corrected chi connectivity index (χ2v) is 6.18. The van der Waals surface area contributed by atoms with E-state index in [1.807, 2.05) is 12.2 Å². The van der Waals surface area contributed by atoms with Gasteiger partial charge in [0.25, 0.3) is 6.29 Å². The van der Waals surface area contributed by atoms with Crippen LogP contribution in [-0.2, 0) is 4.79 Å². The minimum absolute atomic E-state index is 0.00802. The van der Waals surface area contributed by atoms with E-state index in [2.05, 4.69) is 19.1 Å². The molecule has 10 heteroatoms. The minimum Gasteiger partial charge on any atom is -0.287 e. The molecule has 0 aromatic rings. The molecular formula is C18H27N3O7. The van der Waals surface area contributed by atoms with E-state index in [0.717, 1.165) is 12.8 Å². The molecule has 0 aromatic carbocycles. The van der Waals surface area contributed by atoms with Gasteiger partial charge in [-0.2, -0.15) is 0 Å². The molecule has 156 valence electrons. The lowest BCUT2D eigenvalue weighted by molar-refractivity contribution is -0.812. The van der Waals surface area contributed by atoms with Crippen molar-refractivity contribution in [3.8, 4) is 0 Å². The first-order valence-corrected chi connectivity index (χ1v) is 9.18. The molecule has 0 saturated heterocycles. The van der Waals surface area contributed by atoms with Gasteiger partial charge in [0.2, 0.25) is 0 Å². The fourth-order valence-electron chi connectivity index (χ4n) is 2.49. The fraction of sp³-hybridized carbons (Fsp3) is 0.611. The maximum Gasteiger partial charge on any atom is 0.577 e. The summed E-state index contributed by atoms with van der Waals surface area (Å²) in [4.78, 5) is 39.8. The quantitative estimate of drug-likeness (QED) is 0.0958. The van der Waals surface area contributed by atoms with Gasteiger partial charge in [-0.3, -0.25) is 35.1 Å². The van der Waals surface area contributed by atoms with E-state index in [9.17, 15) is 35.1 Å². The van der Waals surface area contributed by atoms with Crippen molar-refractivity contribution >= 4 is 6.29 Å². The smallest absolute Gasteiger partial charge is 0.287 e. The SMILES string of the molecule is CCCCC/C=C/C/C=C/C/C=C/CCC([N+](=O)[O-])C(C=O)([N+](=O)[O-])[N+](=O)[O-]. The van der Waals surface area contributed by atoms with Gasteiger partial charge in [-0.25, -0.2) is 0 Å². The highest BCUT2D eigenvalue weighted by Crippen LogP contribution is 2.21. The Balaban J connectivity index is 4.48. The zero-order valence-corrected chi connectivity index (χ0v) is 16.0. The molecule has 0 rings (SSSR count). The Morgan fingerprint density at radius 2 is 1.32 bits per heavy atom. The number of allylic oxidation sites excluding steroid dienone is 6. The van der Waals surface area contributed by atoms with Gasteiger partial charge in [0.05, 0.1) is 0 Å². The molecule has 10 nitrogen and oxygen atoms in total. The van der Waals surface area contributed by atoms with Crippen molar-refractivity contribution in [2.24, 2.45) is 0 Å². The van der Waals surface area contributed by atoms with E-state index in [-0.39, 0.29) is 6.42 Å². The molecule has 0 bridgehead atoms. The van der Waals surface area contributed by atoms with E-state index < -0.39 is 39.2 Å². The summed E-state index contributed by atoms with van der Waals surface area (Å²) < 4.78 is 0. The Morgan fingerprint density at radius 1 is 0.821 bits per heavy atom. The van der Waals surface area contributed by atoms with E-state index in [4.69, 9.17) is 0 Å². The molecule has 0 N–H and O–H groups in total. The summed E-state index contributed by atoms with van der Waals surface area (Å²) in [6, 6.07) is -2.24. The van der Waals surface area contributed by atoms with Crippen LogP contribution in [0.4, 0.5) is 0 Å². The number of carbonyl (C=O) groups is 1. The topological polar surface area (TPSA) is 146 Å². The molecule has 0 aliphatic carbocycles. The highest BCUT2D eigenvalue weighted by Gasteiger charge is 2.70. The van der Waals surface area contributed by atoms with Gasteiger partial charge in [-0.05, 0) is 32.1 Å². The lowest BCUT2D eigenvalue weighted by atomic mass is 9.98. The fourth-order valence-corrected chi connectivity index (χ4v) is 2.49. The van der Waals surface area contributed by atoms with Gasteiger partial charge in [0, 0.05) is 11.3 Å². The van der Waals surface area contributed by atoms with Crippen LogP contribution in [0, 0.1) is 30.3 Å². The van der Waals surface area contributed by atoms with Gasteiger partial charge >= 0.3 is 11.7 Å². The van der Waals surface area contributed by atoms with E-state index in [0.29, 0.717) is 6.42 Å². The van der Waals surface area contributed by atoms with Crippen molar-refractivity contribution in [3.05, 3.63) is 66.8 Å². The highest BCUT2D eigenvalue weighted by molar-refractivity contribution is 5.60. The first kappa shape index (κ1) is 25.1. The van der Waals surface area contributed by atoms with Crippen LogP contribution < -0.4 is 0 Å². The molecule has 1 atom stereocenters. The van der Waals surface area contributed by atoms with Crippen LogP contribution in [-0.4, -0.2) is 32.8 Å². The normalized spacial score (nSPS) is 13.3. The number of unbranched alkanes of at least 4 members (excludes halogenated alkanes) is 3. The predicted octanol–water partition coefficient (Wildman–Crippen LogP) is 3.89. The van der Waals surface area contributed by atoms with E-state index >= 15 is 0 Å². The third-order valence-electron chi connectivity index (χ3n) is 4.13. The van der Waals surface area contributed by atoms with Gasteiger partial charge in [-0.1, -0.05) is 56.2 Å². The summed E-state index contributed by atoms with van der Waals surface area (Å²) in [6.07, 6.45) is 16.3. The van der Waals surface area contributed by atoms with E-state index in [1.54, 1.807) is 12.2 Å². The molecule has 1 unspecified atom stereocenters. The summed E-state index contributed by atoms with van der Waals surface area (Å²) in [6.45, 7) is 2.15. The number of rotatable bonds is 16. The van der Waals surface area contributed by atoms with Crippen LogP contribution in [0.1, 0.15) is 58.3 Å². The third-order valence-corrected chi connectivity index (χ3v) is 4.13. The molecule has 0 radical (unpaired) electrons. The molecule has 0 heterocycles. The molecule has 0 aromatic heterocycles. The van der Waals surface area contributed by atoms with Crippen molar-refractivity contribution in [1.29, 1.82) is 0 Å². The summed E-state index contributed by atoms with van der Waals surface area (Å²) in [5, 5.41) is 33.0. The van der Waals surface area contributed by atoms with Crippen molar-refractivity contribution in [3.63, 3.8) is 0 Å². The largest absolute Gasteiger partial charge is 0.577 e. The molecule has 0 amide bonds. The average molecular weight is 397 g/mol. The third kappa shape index (κ3) is 8.19. The Bertz CT molecular complexity index is 600. The molecule has 0 aliphatic rings. The number of aldehydes is 1. The Labute approximate surface area is 163 Å². The molecule has 0 spiro atoms. The number of nitro groups is 3. The second kappa shape index (κ2) is 14.2. The minimum atomic E-state index is -3.47. The molecule has 28 heavy (non-hydrogen) atoms. The van der Waals surface area contributed by atoms with Gasteiger partial charge in [0.15, 0.2) is 0 Å². The number of nitrogens with zero attached hydrogens (tertiary/aromatic N) is 3. The average Bonchev–Trinajstić information content (AvgIpc) is 2.63. The van der Waals surface area contributed by atoms with Crippen LogP contribution in [0.5, 0.6) is 0 Å². The second-order valence-electron chi connectivity index (χ2n) is 6.18. The monoisotopic (exact) mass is 397 g/mol. The maximum absolute atomic E-state index is 11.1. The van der Waals surface area contributed by atoms with Crippen LogP contribution in [0.3, 0.4) is 0 Å². The maximum atomic E-state index is 11.1. The highest BCUT2D eigenvalue weighted by atomic mass is 16.7. The van der Waals surface area contributed by atoms with Crippen LogP contribution in [0.15, 0.2) is 36.5 Å². The zero-order chi connectivity index (χ0) is 21.4. The molecule has 0 aliphatic heterocycles. The van der Waals surface area contributed by atoms with Gasteiger partial charge in [-0.15, -0.1) is 0 Å². The van der Waals surface area contributed by atoms with Gasteiger partial charge in [0.1, 0.15) is 9.85 Å². The van der Waals surface area contributed by atoms with Crippen LogP contribution >= 0.6 is 0 Å². The van der Waals surface area contributed by atoms with Crippen LogP contribution in [0.25, 0.3) is 0 Å². The summed E-state index contributed by atoms with van der Waals surface area (Å²) in [5.74, 6) is 0. The lowest BCUT2D eigenvalue weighted by Crippen LogP contribution is -2.59. The van der Waals surface area contributed by atoms with Crippen molar-refractivity contribution in [2.45, 2.75) is 70.0 Å².